The summed E-state index contributed by atoms with van der Waals surface area (Å²) in [6.07, 6.45) is -2.63. The molecule has 0 heterocycles. The molecule has 0 atom stereocenters. The predicted octanol–water partition coefficient (Wildman–Crippen LogP) is 4.17. The standard InChI is InChI=1S/C13H18F3NS/c1-9(2)7-17-8-10-4-5-12(18-3)11(6-10)13(14,15)16/h4-6,9,17H,7-8H2,1-3H3. The lowest BCUT2D eigenvalue weighted by Crippen LogP contribution is -2.19. The molecule has 0 aliphatic rings. The minimum atomic E-state index is -4.29. The second-order valence-electron chi connectivity index (χ2n) is 4.56. The summed E-state index contributed by atoms with van der Waals surface area (Å²) in [6, 6.07) is 4.52. The van der Waals surface area contributed by atoms with E-state index in [0.29, 0.717) is 18.0 Å². The highest BCUT2D eigenvalue weighted by atomic mass is 32.2. The summed E-state index contributed by atoms with van der Waals surface area (Å²) in [5, 5.41) is 3.14. The van der Waals surface area contributed by atoms with Gasteiger partial charge in [-0.2, -0.15) is 13.2 Å². The van der Waals surface area contributed by atoms with Crippen molar-refractivity contribution in [2.24, 2.45) is 5.92 Å². The number of alkyl halides is 3. The van der Waals surface area contributed by atoms with Gasteiger partial charge in [-0.05, 0) is 36.4 Å². The van der Waals surface area contributed by atoms with Gasteiger partial charge in [0.1, 0.15) is 0 Å². The Kier molecular flexibility index (Phi) is 5.53. The molecule has 0 unspecified atom stereocenters. The van der Waals surface area contributed by atoms with Gasteiger partial charge in [-0.1, -0.05) is 19.9 Å². The molecule has 1 nitrogen and oxygen atoms in total. The van der Waals surface area contributed by atoms with Crippen LogP contribution in [0.2, 0.25) is 0 Å². The Labute approximate surface area is 110 Å². The van der Waals surface area contributed by atoms with Crippen LogP contribution in [0.4, 0.5) is 13.2 Å². The Morgan fingerprint density at radius 2 is 1.94 bits per heavy atom. The van der Waals surface area contributed by atoms with Gasteiger partial charge in [0.25, 0.3) is 0 Å². The van der Waals surface area contributed by atoms with Crippen LogP contribution >= 0.6 is 11.8 Å². The van der Waals surface area contributed by atoms with Crippen molar-refractivity contribution < 1.29 is 13.2 Å². The van der Waals surface area contributed by atoms with Crippen LogP contribution in [0.5, 0.6) is 0 Å². The van der Waals surface area contributed by atoms with E-state index in [9.17, 15) is 13.2 Å². The lowest BCUT2D eigenvalue weighted by atomic mass is 10.1. The molecule has 18 heavy (non-hydrogen) atoms. The fourth-order valence-electron chi connectivity index (χ4n) is 1.59. The van der Waals surface area contributed by atoms with Crippen LogP contribution in [0.25, 0.3) is 0 Å². The van der Waals surface area contributed by atoms with Crippen LogP contribution in [-0.4, -0.2) is 12.8 Å². The van der Waals surface area contributed by atoms with Crippen LogP contribution < -0.4 is 5.32 Å². The zero-order valence-corrected chi connectivity index (χ0v) is 11.6. The molecule has 1 N–H and O–H groups in total. The Morgan fingerprint density at radius 3 is 2.44 bits per heavy atom. The fraction of sp³-hybridized carbons (Fsp3) is 0.538. The number of benzene rings is 1. The Bertz CT molecular complexity index is 388. The van der Waals surface area contributed by atoms with Gasteiger partial charge < -0.3 is 5.32 Å². The molecular formula is C13H18F3NS. The van der Waals surface area contributed by atoms with E-state index in [-0.39, 0.29) is 4.90 Å². The Balaban J connectivity index is 2.83. The van der Waals surface area contributed by atoms with Crippen molar-refractivity contribution >= 4 is 11.8 Å². The van der Waals surface area contributed by atoms with Gasteiger partial charge in [-0.15, -0.1) is 11.8 Å². The van der Waals surface area contributed by atoms with E-state index in [2.05, 4.69) is 19.2 Å². The topological polar surface area (TPSA) is 12.0 Å². The van der Waals surface area contributed by atoms with Crippen molar-refractivity contribution in [3.8, 4) is 0 Å². The number of rotatable bonds is 5. The minimum absolute atomic E-state index is 0.273. The summed E-state index contributed by atoms with van der Waals surface area (Å²) >= 11 is 1.12. The quantitative estimate of drug-likeness (QED) is 0.811. The normalized spacial score (nSPS) is 12.2. The molecular weight excluding hydrogens is 259 g/mol. The first kappa shape index (κ1) is 15.4. The molecule has 1 aromatic carbocycles. The van der Waals surface area contributed by atoms with Crippen LogP contribution in [0, 0.1) is 5.92 Å². The molecule has 5 heteroatoms. The van der Waals surface area contributed by atoms with E-state index < -0.39 is 11.7 Å². The molecule has 0 spiro atoms. The smallest absolute Gasteiger partial charge is 0.312 e. The molecule has 1 rings (SSSR count). The molecule has 1 aromatic rings. The van der Waals surface area contributed by atoms with Gasteiger partial charge in [-0.25, -0.2) is 0 Å². The van der Waals surface area contributed by atoms with Gasteiger partial charge in [0.2, 0.25) is 0 Å². The molecule has 0 aliphatic carbocycles. The summed E-state index contributed by atoms with van der Waals surface area (Å²) < 4.78 is 38.5. The van der Waals surface area contributed by atoms with Gasteiger partial charge in [0.05, 0.1) is 5.56 Å². The molecule has 0 saturated heterocycles. The highest BCUT2D eigenvalue weighted by molar-refractivity contribution is 7.98. The van der Waals surface area contributed by atoms with Crippen molar-refractivity contribution in [3.05, 3.63) is 29.3 Å². The van der Waals surface area contributed by atoms with Crippen molar-refractivity contribution in [2.75, 3.05) is 12.8 Å². The average molecular weight is 277 g/mol. The fourth-order valence-corrected chi connectivity index (χ4v) is 2.19. The average Bonchev–Trinajstić information content (AvgIpc) is 2.27. The van der Waals surface area contributed by atoms with Crippen molar-refractivity contribution in [3.63, 3.8) is 0 Å². The summed E-state index contributed by atoms with van der Waals surface area (Å²) in [5.74, 6) is 0.484. The van der Waals surface area contributed by atoms with Crippen molar-refractivity contribution in [1.29, 1.82) is 0 Å². The van der Waals surface area contributed by atoms with E-state index in [1.807, 2.05) is 0 Å². The van der Waals surface area contributed by atoms with Gasteiger partial charge in [0.15, 0.2) is 0 Å². The van der Waals surface area contributed by atoms with Gasteiger partial charge in [0, 0.05) is 11.4 Å². The maximum atomic E-state index is 12.8. The molecule has 0 saturated carbocycles. The lowest BCUT2D eigenvalue weighted by molar-refractivity contribution is -0.139. The third-order valence-corrected chi connectivity index (χ3v) is 3.25. The van der Waals surface area contributed by atoms with E-state index in [1.165, 1.54) is 6.07 Å². The van der Waals surface area contributed by atoms with Gasteiger partial charge in [-0.3, -0.25) is 0 Å². The Morgan fingerprint density at radius 1 is 1.28 bits per heavy atom. The maximum absolute atomic E-state index is 12.8. The van der Waals surface area contributed by atoms with Crippen LogP contribution in [0.15, 0.2) is 23.1 Å². The second kappa shape index (κ2) is 6.48. The van der Waals surface area contributed by atoms with Crippen LogP contribution in [-0.2, 0) is 12.7 Å². The van der Waals surface area contributed by atoms with E-state index in [1.54, 1.807) is 18.4 Å². The van der Waals surface area contributed by atoms with Crippen molar-refractivity contribution in [1.82, 2.24) is 5.32 Å². The Hall–Kier alpha value is -0.680. The SMILES string of the molecule is CSc1ccc(CNCC(C)C)cc1C(F)(F)F. The predicted molar refractivity (Wildman–Crippen MR) is 69.8 cm³/mol. The number of hydrogen-bond donors (Lipinski definition) is 1. The number of hydrogen-bond acceptors (Lipinski definition) is 2. The monoisotopic (exact) mass is 277 g/mol. The van der Waals surface area contributed by atoms with Crippen LogP contribution in [0.1, 0.15) is 25.0 Å². The molecule has 0 aromatic heterocycles. The summed E-state index contributed by atoms with van der Waals surface area (Å²) in [4.78, 5) is 0.273. The third-order valence-electron chi connectivity index (χ3n) is 2.45. The van der Waals surface area contributed by atoms with E-state index >= 15 is 0 Å². The zero-order valence-electron chi connectivity index (χ0n) is 10.8. The first-order chi connectivity index (χ1) is 8.34. The molecule has 0 aliphatic heterocycles. The molecule has 0 bridgehead atoms. The van der Waals surface area contributed by atoms with E-state index in [0.717, 1.165) is 18.3 Å². The maximum Gasteiger partial charge on any atom is 0.417 e. The second-order valence-corrected chi connectivity index (χ2v) is 5.41. The largest absolute Gasteiger partial charge is 0.417 e. The molecule has 0 amide bonds. The van der Waals surface area contributed by atoms with Crippen molar-refractivity contribution in [2.45, 2.75) is 31.5 Å². The first-order valence-electron chi connectivity index (χ1n) is 5.79. The summed E-state index contributed by atoms with van der Waals surface area (Å²) in [5.41, 5.74) is 0.125. The number of nitrogens with one attached hydrogen (secondary N) is 1. The molecule has 102 valence electrons. The number of halogens is 3. The lowest BCUT2D eigenvalue weighted by Gasteiger charge is -2.14. The van der Waals surface area contributed by atoms with Gasteiger partial charge >= 0.3 is 6.18 Å². The van der Waals surface area contributed by atoms with E-state index in [4.69, 9.17) is 0 Å². The highest BCUT2D eigenvalue weighted by Gasteiger charge is 2.33. The molecule has 0 radical (unpaired) electrons. The molecule has 0 fully saturated rings. The summed E-state index contributed by atoms with van der Waals surface area (Å²) in [6.45, 7) is 5.39. The minimum Gasteiger partial charge on any atom is -0.312 e. The number of thioether (sulfide) groups is 1. The summed E-state index contributed by atoms with van der Waals surface area (Å²) in [7, 11) is 0. The third kappa shape index (κ3) is 4.53. The first-order valence-corrected chi connectivity index (χ1v) is 7.02. The van der Waals surface area contributed by atoms with Crippen LogP contribution in [0.3, 0.4) is 0 Å². The highest BCUT2D eigenvalue weighted by Crippen LogP contribution is 2.36. The zero-order chi connectivity index (χ0) is 13.8.